The van der Waals surface area contributed by atoms with E-state index in [-0.39, 0.29) is 116 Å². The molecule has 0 spiro atoms. The summed E-state index contributed by atoms with van der Waals surface area (Å²) in [4.78, 5) is 164. The fraction of sp³-hybridized carbons (Fsp3) is 0.513. The van der Waals surface area contributed by atoms with Crippen LogP contribution in [0.4, 0.5) is 9.59 Å². The van der Waals surface area contributed by atoms with Crippen LogP contribution in [0.2, 0.25) is 0 Å². The first-order chi connectivity index (χ1) is 49.8. The van der Waals surface area contributed by atoms with Crippen LogP contribution in [-0.4, -0.2) is 221 Å². The summed E-state index contributed by atoms with van der Waals surface area (Å²) in [5.41, 5.74) is 5.33. The second-order valence-electron chi connectivity index (χ2n) is 28.9. The van der Waals surface area contributed by atoms with Gasteiger partial charge in [0.15, 0.2) is 0 Å². The lowest BCUT2D eigenvalue weighted by atomic mass is 9.98. The normalized spacial score (nSPS) is 22.8. The minimum Gasteiger partial charge on any atom is -0.497 e. The third-order valence-corrected chi connectivity index (χ3v) is 20.7. The van der Waals surface area contributed by atoms with E-state index in [0.29, 0.717) is 54.3 Å². The fourth-order valence-electron chi connectivity index (χ4n) is 16.0. The Hall–Kier alpha value is -10.4. The number of rotatable bonds is 21. The number of hydrogen-bond acceptors (Lipinski definition) is 18. The quantitative estimate of drug-likeness (QED) is 0.0484. The van der Waals surface area contributed by atoms with Gasteiger partial charge in [-0.1, -0.05) is 48.5 Å². The van der Waals surface area contributed by atoms with Crippen molar-refractivity contribution in [2.75, 3.05) is 66.6 Å². The van der Waals surface area contributed by atoms with Crippen molar-refractivity contribution in [3.8, 4) is 28.4 Å². The zero-order valence-corrected chi connectivity index (χ0v) is 60.0. The van der Waals surface area contributed by atoms with Gasteiger partial charge in [0.1, 0.15) is 90.3 Å². The topological polar surface area (TPSA) is 324 Å². The molecule has 10 amide bonds. The zero-order valence-electron chi connectivity index (χ0n) is 60.0. The number of furan rings is 1. The highest BCUT2D eigenvalue weighted by Crippen LogP contribution is 2.45. The molecule has 5 aromatic rings. The monoisotopic (exact) mass is 1430 g/mol. The lowest BCUT2D eigenvalue weighted by Crippen LogP contribution is -2.58. The van der Waals surface area contributed by atoms with E-state index < -0.39 is 119 Å². The van der Waals surface area contributed by atoms with Crippen molar-refractivity contribution in [3.05, 3.63) is 113 Å². The van der Waals surface area contributed by atoms with Gasteiger partial charge in [0.25, 0.3) is 0 Å². The first-order valence-electron chi connectivity index (χ1n) is 35.8. The molecule has 0 saturated carbocycles. The van der Waals surface area contributed by atoms with E-state index >= 15 is 19.2 Å². The average molecular weight is 1430 g/mol. The molecule has 0 bridgehead atoms. The van der Waals surface area contributed by atoms with Gasteiger partial charge in [-0.3, -0.25) is 48.1 Å². The Labute approximate surface area is 603 Å². The Morgan fingerprint density at radius 1 is 0.538 bits per heavy atom. The Kier molecular flexibility index (Phi) is 22.1. The standard InChI is InChI=1S/C76H92N10O18/c1-43-53-24-23-50(100-40-46-30-51(98-7)35-52(31-46)99-8)36-65(53)103-66(43)42-101-67(89)25-26-77-68(90)59-20-13-27-81(59)71(93)62-32-47(78-44(2)87)37-84(62)69(91)60-21-14-28-82(60)72(94)63-33-48(79-45(3)88)38-85(63)70(92)61-22-15-29-83(61)73(95)64-34-49(80-74(96)104-76(4,5)6)39-86(64)75(97)102-41-58-56-18-11-9-16-54(56)55-17-10-12-19-57(55)58/h9-12,16-19,23-24,30-31,35-36,47-49,58-64H,13-15,20-22,25-29,32-34,37-42H2,1-8H3,(H,77,90)(H,78,87)(H,79,88)(H,80,96)/t47-,48-,49-,59-,60-,61-,62-,63-,64-/m0/s1. The number of amides is 10. The number of esters is 1. The largest absolute Gasteiger partial charge is 0.497 e. The molecule has 6 saturated heterocycles. The summed E-state index contributed by atoms with van der Waals surface area (Å²) in [6.45, 7) is 9.73. The molecule has 6 fully saturated rings. The van der Waals surface area contributed by atoms with Crippen molar-refractivity contribution in [1.29, 1.82) is 0 Å². The number of likely N-dealkylation sites (tertiary alicyclic amines) is 6. The van der Waals surface area contributed by atoms with Crippen LogP contribution in [-0.2, 0) is 70.6 Å². The molecular formula is C76H92N10O18. The highest BCUT2D eigenvalue weighted by Gasteiger charge is 2.53. The highest BCUT2D eigenvalue weighted by atomic mass is 16.6. The van der Waals surface area contributed by atoms with Crippen LogP contribution in [0.15, 0.2) is 89.3 Å². The SMILES string of the molecule is COc1cc(COc2ccc3c(C)c(COC(=O)CCNC(=O)[C@@H]4CCCN4C(=O)[C@@H]4C[C@H](NC(C)=O)CN4C(=O)[C@@H]4CCCN4C(=O)[C@@H]4C[C@H](NC(C)=O)CN4C(=O)[C@@H]4CCCN4C(=O)[C@@H]4C[C@H](NC(=O)OC(C)(C)C)CN4C(=O)OCC4c5ccccc5-c5ccccc54)oc3c2)cc(OC)c1. The predicted octanol–water partition coefficient (Wildman–Crippen LogP) is 5.99. The molecular weight excluding hydrogens is 1340 g/mol. The van der Waals surface area contributed by atoms with Crippen LogP contribution in [0.1, 0.15) is 133 Å². The highest BCUT2D eigenvalue weighted by molar-refractivity contribution is 5.99. The molecule has 7 aliphatic rings. The number of benzene rings is 4. The lowest BCUT2D eigenvalue weighted by Gasteiger charge is -2.36. The molecule has 1 aromatic heterocycles. The zero-order chi connectivity index (χ0) is 73.8. The van der Waals surface area contributed by atoms with Crippen LogP contribution < -0.4 is 35.5 Å². The summed E-state index contributed by atoms with van der Waals surface area (Å²) in [6.07, 6.45) is 0.215. The van der Waals surface area contributed by atoms with E-state index in [2.05, 4.69) is 21.3 Å². The molecule has 0 radical (unpaired) electrons. The summed E-state index contributed by atoms with van der Waals surface area (Å²) in [5, 5.41) is 12.1. The maximum atomic E-state index is 15.4. The molecule has 28 nitrogen and oxygen atoms in total. The van der Waals surface area contributed by atoms with E-state index in [9.17, 15) is 33.6 Å². The summed E-state index contributed by atoms with van der Waals surface area (Å²) in [6, 6.07) is 17.9. The van der Waals surface area contributed by atoms with Crippen LogP contribution in [0, 0.1) is 6.92 Å². The van der Waals surface area contributed by atoms with Crippen molar-refractivity contribution in [2.24, 2.45) is 0 Å². The van der Waals surface area contributed by atoms with Crippen molar-refractivity contribution < 1.29 is 85.6 Å². The molecule has 12 rings (SSSR count). The maximum absolute atomic E-state index is 15.4. The molecule has 4 aromatic carbocycles. The smallest absolute Gasteiger partial charge is 0.410 e. The predicted molar refractivity (Wildman–Crippen MR) is 375 cm³/mol. The summed E-state index contributed by atoms with van der Waals surface area (Å²) >= 11 is 0. The summed E-state index contributed by atoms with van der Waals surface area (Å²) in [5.74, 6) is -2.71. The number of hydrogen-bond donors (Lipinski definition) is 4. The van der Waals surface area contributed by atoms with E-state index in [4.69, 9.17) is 32.8 Å². The first kappa shape index (κ1) is 73.3. The van der Waals surface area contributed by atoms with E-state index in [1.165, 1.54) is 43.2 Å². The fourth-order valence-corrected chi connectivity index (χ4v) is 16.0. The molecule has 4 N–H and O–H groups in total. The third-order valence-electron chi connectivity index (χ3n) is 20.7. The number of ether oxygens (including phenoxy) is 6. The van der Waals surface area contributed by atoms with Gasteiger partial charge in [-0.2, -0.15) is 0 Å². The molecule has 554 valence electrons. The van der Waals surface area contributed by atoms with E-state index in [0.717, 1.165) is 38.8 Å². The number of fused-ring (bicyclic) bond motifs is 4. The third kappa shape index (κ3) is 16.0. The molecule has 7 heterocycles. The van der Waals surface area contributed by atoms with Gasteiger partial charge in [0.2, 0.25) is 47.3 Å². The Morgan fingerprint density at radius 2 is 1.03 bits per heavy atom. The Morgan fingerprint density at radius 3 is 1.56 bits per heavy atom. The van der Waals surface area contributed by atoms with Gasteiger partial charge in [-0.25, -0.2) is 9.59 Å². The van der Waals surface area contributed by atoms with Gasteiger partial charge in [0.05, 0.1) is 26.7 Å². The maximum Gasteiger partial charge on any atom is 0.410 e. The van der Waals surface area contributed by atoms with Gasteiger partial charge in [-0.15, -0.1) is 0 Å². The van der Waals surface area contributed by atoms with E-state index in [1.807, 2.05) is 79.7 Å². The lowest BCUT2D eigenvalue weighted by molar-refractivity contribution is -0.154. The first-order valence-corrected chi connectivity index (χ1v) is 35.8. The second-order valence-corrected chi connectivity index (χ2v) is 28.9. The number of nitrogens with one attached hydrogen (secondary N) is 4. The summed E-state index contributed by atoms with van der Waals surface area (Å²) in [7, 11) is 3.15. The van der Waals surface area contributed by atoms with E-state index in [1.54, 1.807) is 47.1 Å². The average Bonchev–Trinajstić information content (AvgIpc) is 1.64. The minimum atomic E-state index is -1.20. The van der Waals surface area contributed by atoms with Gasteiger partial charge in [0, 0.05) is 101 Å². The minimum absolute atomic E-state index is 0.0157. The number of carbonyl (C=O) groups is 11. The van der Waals surface area contributed by atoms with Crippen LogP contribution >= 0.6 is 0 Å². The van der Waals surface area contributed by atoms with Crippen LogP contribution in [0.3, 0.4) is 0 Å². The Bertz CT molecular complexity index is 4080. The molecule has 1 aliphatic carbocycles. The van der Waals surface area contributed by atoms with Crippen molar-refractivity contribution in [2.45, 2.75) is 185 Å². The molecule has 28 heteroatoms. The second kappa shape index (κ2) is 31.3. The van der Waals surface area contributed by atoms with Crippen molar-refractivity contribution >= 4 is 76.4 Å². The number of carbonyl (C=O) groups excluding carboxylic acids is 11. The molecule has 9 atom stereocenters. The molecule has 6 aliphatic heterocycles. The molecule has 0 unspecified atom stereocenters. The van der Waals surface area contributed by atoms with Gasteiger partial charge >= 0.3 is 18.2 Å². The number of methoxy groups -OCH3 is 2. The number of aryl methyl sites for hydroxylation is 1. The van der Waals surface area contributed by atoms with Crippen LogP contribution in [0.5, 0.6) is 17.2 Å². The summed E-state index contributed by atoms with van der Waals surface area (Å²) < 4.78 is 40.2. The number of alkyl carbamates (subject to hydrolysis) is 1. The molecule has 104 heavy (non-hydrogen) atoms. The number of nitrogens with zero attached hydrogens (tertiary/aromatic N) is 6. The van der Waals surface area contributed by atoms with Crippen LogP contribution in [0.25, 0.3) is 22.1 Å². The van der Waals surface area contributed by atoms with Crippen molar-refractivity contribution in [1.82, 2.24) is 50.7 Å². The van der Waals surface area contributed by atoms with Gasteiger partial charge in [-0.05, 0) is 138 Å². The Balaban J connectivity index is 0.684. The van der Waals surface area contributed by atoms with Crippen molar-refractivity contribution in [3.63, 3.8) is 0 Å². The van der Waals surface area contributed by atoms with Gasteiger partial charge < -0.3 is 78.6 Å².